The lowest BCUT2D eigenvalue weighted by Crippen LogP contribution is -2.53. The monoisotopic (exact) mass is 379 g/mol. The molecule has 1 aromatic carbocycles. The van der Waals surface area contributed by atoms with Crippen LogP contribution in [0.15, 0.2) is 42.0 Å². The molecule has 0 bridgehead atoms. The Bertz CT molecular complexity index is 742. The summed E-state index contributed by atoms with van der Waals surface area (Å²) in [7, 11) is 0. The molecule has 7 atom stereocenters. The number of nitrogens with one attached hydrogen (secondary N) is 1. The summed E-state index contributed by atoms with van der Waals surface area (Å²) in [6, 6.07) is 11.5. The predicted molar refractivity (Wildman–Crippen MR) is 115 cm³/mol. The summed E-state index contributed by atoms with van der Waals surface area (Å²) in [5, 5.41) is 14.1. The molecule has 0 spiro atoms. The van der Waals surface area contributed by atoms with Crippen LogP contribution in [0.2, 0.25) is 0 Å². The van der Waals surface area contributed by atoms with Gasteiger partial charge in [-0.1, -0.05) is 55.8 Å². The molecule has 4 aliphatic carbocycles. The molecule has 2 N–H and O–H groups in total. The quantitative estimate of drug-likeness (QED) is 0.683. The highest BCUT2D eigenvalue weighted by Crippen LogP contribution is 2.64. The fourth-order valence-electron chi connectivity index (χ4n) is 7.81. The lowest BCUT2D eigenvalue weighted by Gasteiger charge is -2.58. The molecule has 0 heterocycles. The predicted octanol–water partition coefficient (Wildman–Crippen LogP) is 5.47. The molecule has 0 aromatic heterocycles. The van der Waals surface area contributed by atoms with Crippen LogP contribution in [0.1, 0.15) is 70.8 Å². The molecule has 0 radical (unpaired) electrons. The number of fused-ring (bicyclic) bond motifs is 5. The smallest absolute Gasteiger partial charge is 0.0577 e. The van der Waals surface area contributed by atoms with E-state index in [0.29, 0.717) is 16.9 Å². The van der Waals surface area contributed by atoms with Crippen molar-refractivity contribution in [3.05, 3.63) is 47.5 Å². The van der Waals surface area contributed by atoms with Crippen molar-refractivity contribution >= 4 is 0 Å². The first kappa shape index (κ1) is 18.9. The molecule has 28 heavy (non-hydrogen) atoms. The first-order valence-electron chi connectivity index (χ1n) is 11.7. The van der Waals surface area contributed by atoms with Gasteiger partial charge in [-0.3, -0.25) is 0 Å². The van der Waals surface area contributed by atoms with Crippen molar-refractivity contribution in [2.75, 3.05) is 0 Å². The Morgan fingerprint density at radius 2 is 1.82 bits per heavy atom. The number of aliphatic hydroxyl groups excluding tert-OH is 1. The molecule has 2 unspecified atom stereocenters. The molecule has 2 nitrogen and oxygen atoms in total. The van der Waals surface area contributed by atoms with Crippen molar-refractivity contribution in [3.8, 4) is 0 Å². The summed E-state index contributed by atoms with van der Waals surface area (Å²) in [5.41, 5.74) is 3.81. The standard InChI is InChI=1S/C26H37NO/c1-25-14-12-20(28)16-19(25)8-9-21-22-10-11-24(26(22,2)15-13-23(21)25)27-17-18-6-4-3-5-7-18/h3-8,20-24,27-28H,9-17H2,1-2H3/t20?,21-,22-,23+,24?,25-,26-/m0/s1. The molecule has 3 fully saturated rings. The summed E-state index contributed by atoms with van der Waals surface area (Å²) in [6.45, 7) is 6.13. The van der Waals surface area contributed by atoms with Gasteiger partial charge in [0.15, 0.2) is 0 Å². The lowest BCUT2D eigenvalue weighted by atomic mass is 9.48. The largest absolute Gasteiger partial charge is 0.393 e. The van der Waals surface area contributed by atoms with Crippen molar-refractivity contribution < 1.29 is 5.11 Å². The number of hydrogen-bond acceptors (Lipinski definition) is 2. The Kier molecular flexibility index (Phi) is 4.71. The Hall–Kier alpha value is -1.12. The molecule has 0 aliphatic heterocycles. The maximum atomic E-state index is 10.2. The normalized spacial score (nSPS) is 45.0. The summed E-state index contributed by atoms with van der Waals surface area (Å²) in [6.07, 6.45) is 12.3. The Balaban J connectivity index is 1.34. The molecule has 0 amide bonds. The minimum absolute atomic E-state index is 0.0946. The highest BCUT2D eigenvalue weighted by atomic mass is 16.3. The third-order valence-electron chi connectivity index (χ3n) is 9.47. The third-order valence-corrected chi connectivity index (χ3v) is 9.47. The SMILES string of the molecule is C[C@]12CCC(O)CC1=CC[C@@H]1[C@H]2CC[C@]2(C)C(NCc3ccccc3)CC[C@@H]12. The van der Waals surface area contributed by atoms with Crippen LogP contribution >= 0.6 is 0 Å². The first-order valence-corrected chi connectivity index (χ1v) is 11.7. The molecule has 4 aliphatic rings. The second-order valence-electron chi connectivity index (χ2n) is 10.7. The van der Waals surface area contributed by atoms with E-state index in [1.54, 1.807) is 5.57 Å². The van der Waals surface area contributed by atoms with Crippen LogP contribution in [0.4, 0.5) is 0 Å². The topological polar surface area (TPSA) is 32.3 Å². The van der Waals surface area contributed by atoms with E-state index < -0.39 is 0 Å². The molecular weight excluding hydrogens is 342 g/mol. The van der Waals surface area contributed by atoms with Gasteiger partial charge in [-0.15, -0.1) is 0 Å². The van der Waals surface area contributed by atoms with Crippen LogP contribution < -0.4 is 5.32 Å². The van der Waals surface area contributed by atoms with E-state index in [2.05, 4.69) is 55.6 Å². The fraction of sp³-hybridized carbons (Fsp3) is 0.692. The molecule has 152 valence electrons. The zero-order chi connectivity index (χ0) is 19.4. The van der Waals surface area contributed by atoms with Crippen LogP contribution in [-0.2, 0) is 6.54 Å². The summed E-state index contributed by atoms with van der Waals surface area (Å²) in [5.74, 6) is 2.55. The lowest BCUT2D eigenvalue weighted by molar-refractivity contribution is -0.0435. The van der Waals surface area contributed by atoms with Gasteiger partial charge in [0.1, 0.15) is 0 Å². The van der Waals surface area contributed by atoms with Crippen LogP contribution in [0.3, 0.4) is 0 Å². The summed E-state index contributed by atoms with van der Waals surface area (Å²) in [4.78, 5) is 0. The van der Waals surface area contributed by atoms with Crippen molar-refractivity contribution in [2.45, 2.75) is 83.9 Å². The van der Waals surface area contributed by atoms with E-state index in [1.165, 1.54) is 44.1 Å². The fourth-order valence-corrected chi connectivity index (χ4v) is 7.81. The minimum atomic E-state index is -0.0946. The Labute approximate surface area is 170 Å². The van der Waals surface area contributed by atoms with Gasteiger partial charge in [0, 0.05) is 12.6 Å². The van der Waals surface area contributed by atoms with Gasteiger partial charge in [-0.25, -0.2) is 0 Å². The van der Waals surface area contributed by atoms with E-state index in [4.69, 9.17) is 0 Å². The van der Waals surface area contributed by atoms with Crippen molar-refractivity contribution in [2.24, 2.45) is 28.6 Å². The van der Waals surface area contributed by atoms with Gasteiger partial charge >= 0.3 is 0 Å². The van der Waals surface area contributed by atoms with Gasteiger partial charge in [0.05, 0.1) is 6.10 Å². The number of aliphatic hydroxyl groups is 1. The number of hydrogen-bond donors (Lipinski definition) is 2. The second kappa shape index (κ2) is 6.99. The van der Waals surface area contributed by atoms with Crippen molar-refractivity contribution in [1.82, 2.24) is 5.32 Å². The highest BCUT2D eigenvalue weighted by Gasteiger charge is 2.58. The van der Waals surface area contributed by atoms with Gasteiger partial charge < -0.3 is 10.4 Å². The molecular formula is C26H37NO. The van der Waals surface area contributed by atoms with Crippen LogP contribution in [0.25, 0.3) is 0 Å². The van der Waals surface area contributed by atoms with Crippen LogP contribution in [0.5, 0.6) is 0 Å². The third kappa shape index (κ3) is 2.91. The van der Waals surface area contributed by atoms with E-state index in [1.807, 2.05) is 0 Å². The minimum Gasteiger partial charge on any atom is -0.393 e. The summed E-state index contributed by atoms with van der Waals surface area (Å²) < 4.78 is 0. The van der Waals surface area contributed by atoms with Crippen molar-refractivity contribution in [3.63, 3.8) is 0 Å². The van der Waals surface area contributed by atoms with E-state index >= 15 is 0 Å². The average molecular weight is 380 g/mol. The Morgan fingerprint density at radius 1 is 1.00 bits per heavy atom. The number of rotatable bonds is 3. The molecule has 1 aromatic rings. The van der Waals surface area contributed by atoms with E-state index in [9.17, 15) is 5.11 Å². The molecule has 0 saturated heterocycles. The van der Waals surface area contributed by atoms with Crippen LogP contribution in [0, 0.1) is 28.6 Å². The average Bonchev–Trinajstić information content (AvgIpc) is 3.04. The number of benzene rings is 1. The highest BCUT2D eigenvalue weighted by molar-refractivity contribution is 5.25. The van der Waals surface area contributed by atoms with Gasteiger partial charge in [-0.05, 0) is 85.5 Å². The van der Waals surface area contributed by atoms with Gasteiger partial charge in [0.2, 0.25) is 0 Å². The molecule has 2 heteroatoms. The zero-order valence-corrected chi connectivity index (χ0v) is 17.7. The maximum Gasteiger partial charge on any atom is 0.0577 e. The Morgan fingerprint density at radius 3 is 2.64 bits per heavy atom. The molecule has 5 rings (SSSR count). The van der Waals surface area contributed by atoms with Crippen molar-refractivity contribution in [1.29, 1.82) is 0 Å². The van der Waals surface area contributed by atoms with Crippen LogP contribution in [-0.4, -0.2) is 17.3 Å². The summed E-state index contributed by atoms with van der Waals surface area (Å²) >= 11 is 0. The molecule has 3 saturated carbocycles. The first-order chi connectivity index (χ1) is 13.5. The van der Waals surface area contributed by atoms with E-state index in [0.717, 1.165) is 37.1 Å². The zero-order valence-electron chi connectivity index (χ0n) is 17.7. The second-order valence-corrected chi connectivity index (χ2v) is 10.7. The van der Waals surface area contributed by atoms with E-state index in [-0.39, 0.29) is 6.10 Å². The van der Waals surface area contributed by atoms with Gasteiger partial charge in [0.25, 0.3) is 0 Å². The van der Waals surface area contributed by atoms with Gasteiger partial charge in [-0.2, -0.15) is 0 Å². The maximum absolute atomic E-state index is 10.2. The number of allylic oxidation sites excluding steroid dienone is 1.